The average molecular weight is 284 g/mol. The van der Waals surface area contributed by atoms with Crippen molar-refractivity contribution >= 4 is 10.0 Å². The van der Waals surface area contributed by atoms with Crippen LogP contribution in [0, 0.1) is 13.8 Å². The van der Waals surface area contributed by atoms with Gasteiger partial charge in [-0.3, -0.25) is 0 Å². The average Bonchev–Trinajstić information content (AvgIpc) is 2.37. The zero-order valence-electron chi connectivity index (χ0n) is 12.0. The molecule has 1 aromatic rings. The van der Waals surface area contributed by atoms with Crippen LogP contribution in [0.1, 0.15) is 30.4 Å². The summed E-state index contributed by atoms with van der Waals surface area (Å²) in [5.74, 6) is 0. The van der Waals surface area contributed by atoms with Crippen molar-refractivity contribution in [3.8, 4) is 0 Å². The van der Waals surface area contributed by atoms with Crippen LogP contribution in [0.3, 0.4) is 0 Å². The van der Waals surface area contributed by atoms with Crippen molar-refractivity contribution in [3.05, 3.63) is 29.3 Å². The molecule has 0 spiro atoms. The van der Waals surface area contributed by atoms with E-state index in [4.69, 9.17) is 5.73 Å². The second-order valence-electron chi connectivity index (χ2n) is 4.92. The standard InChI is InChI=1S/C14H24N2O2S/c1-12-7-8-14(11-13(12)2)19(17,18)16(3)10-6-4-5-9-15/h7-8,11H,4-6,9-10,15H2,1-3H3. The van der Waals surface area contributed by atoms with Crippen molar-refractivity contribution in [2.45, 2.75) is 38.0 Å². The number of hydrogen-bond acceptors (Lipinski definition) is 3. The number of nitrogens with two attached hydrogens (primary N) is 1. The Labute approximate surface area is 116 Å². The van der Waals surface area contributed by atoms with Crippen LogP contribution in [0.15, 0.2) is 23.1 Å². The third-order valence-corrected chi connectivity index (χ3v) is 5.22. The van der Waals surface area contributed by atoms with E-state index in [1.807, 2.05) is 19.9 Å². The third-order valence-electron chi connectivity index (χ3n) is 3.36. The van der Waals surface area contributed by atoms with Gasteiger partial charge in [0.2, 0.25) is 10.0 Å². The molecule has 0 aromatic heterocycles. The number of hydrogen-bond donors (Lipinski definition) is 1. The van der Waals surface area contributed by atoms with Gasteiger partial charge < -0.3 is 5.73 Å². The molecule has 0 radical (unpaired) electrons. The van der Waals surface area contributed by atoms with E-state index in [1.165, 1.54) is 4.31 Å². The molecule has 0 amide bonds. The Morgan fingerprint density at radius 1 is 1.11 bits per heavy atom. The Bertz CT molecular complexity index is 512. The topological polar surface area (TPSA) is 63.4 Å². The molecule has 0 aliphatic heterocycles. The fraction of sp³-hybridized carbons (Fsp3) is 0.571. The second kappa shape index (κ2) is 7.03. The molecule has 0 fully saturated rings. The molecule has 0 heterocycles. The first-order valence-corrected chi connectivity index (χ1v) is 8.07. The molecule has 5 heteroatoms. The van der Waals surface area contributed by atoms with Gasteiger partial charge in [-0.15, -0.1) is 0 Å². The fourth-order valence-electron chi connectivity index (χ4n) is 1.83. The Morgan fingerprint density at radius 2 is 1.79 bits per heavy atom. The van der Waals surface area contributed by atoms with Crippen molar-refractivity contribution in [2.75, 3.05) is 20.1 Å². The number of aryl methyl sites for hydroxylation is 2. The molecule has 0 atom stereocenters. The largest absolute Gasteiger partial charge is 0.330 e. The zero-order chi connectivity index (χ0) is 14.5. The first-order chi connectivity index (χ1) is 8.89. The number of benzene rings is 1. The normalized spacial score (nSPS) is 12.1. The minimum atomic E-state index is -3.36. The summed E-state index contributed by atoms with van der Waals surface area (Å²) in [7, 11) is -1.73. The highest BCUT2D eigenvalue weighted by Gasteiger charge is 2.20. The third kappa shape index (κ3) is 4.30. The molecule has 0 aliphatic carbocycles. The van der Waals surface area contributed by atoms with E-state index in [9.17, 15) is 8.42 Å². The van der Waals surface area contributed by atoms with Gasteiger partial charge in [-0.05, 0) is 56.5 Å². The van der Waals surface area contributed by atoms with Crippen LogP contribution in [0.2, 0.25) is 0 Å². The molecule has 108 valence electrons. The lowest BCUT2D eigenvalue weighted by Gasteiger charge is -2.17. The molecule has 1 aromatic carbocycles. The minimum absolute atomic E-state index is 0.372. The SMILES string of the molecule is Cc1ccc(S(=O)(=O)N(C)CCCCCN)cc1C. The van der Waals surface area contributed by atoms with Gasteiger partial charge >= 0.3 is 0 Å². The van der Waals surface area contributed by atoms with Crippen LogP contribution in [0.5, 0.6) is 0 Å². The van der Waals surface area contributed by atoms with Gasteiger partial charge in [-0.2, -0.15) is 0 Å². The molecular formula is C14H24N2O2S. The Morgan fingerprint density at radius 3 is 2.37 bits per heavy atom. The monoisotopic (exact) mass is 284 g/mol. The van der Waals surface area contributed by atoms with E-state index in [0.29, 0.717) is 18.0 Å². The summed E-state index contributed by atoms with van der Waals surface area (Å²) in [5, 5.41) is 0. The summed E-state index contributed by atoms with van der Waals surface area (Å²) in [5.41, 5.74) is 7.52. The summed E-state index contributed by atoms with van der Waals surface area (Å²) >= 11 is 0. The molecule has 0 unspecified atom stereocenters. The summed E-state index contributed by atoms with van der Waals surface area (Å²) < 4.78 is 26.1. The van der Waals surface area contributed by atoms with Gasteiger partial charge in [-0.25, -0.2) is 12.7 Å². The lowest BCUT2D eigenvalue weighted by atomic mass is 10.1. The van der Waals surface area contributed by atoms with E-state index < -0.39 is 10.0 Å². The van der Waals surface area contributed by atoms with Crippen LogP contribution in [0.4, 0.5) is 0 Å². The molecule has 2 N–H and O–H groups in total. The molecule has 0 aliphatic rings. The second-order valence-corrected chi connectivity index (χ2v) is 6.97. The van der Waals surface area contributed by atoms with Crippen molar-refractivity contribution in [1.82, 2.24) is 4.31 Å². The quantitative estimate of drug-likeness (QED) is 0.779. The summed E-state index contributed by atoms with van der Waals surface area (Å²) in [6.45, 7) is 5.10. The highest BCUT2D eigenvalue weighted by atomic mass is 32.2. The molecule has 4 nitrogen and oxygen atoms in total. The summed E-state index contributed by atoms with van der Waals surface area (Å²) in [6, 6.07) is 5.26. The van der Waals surface area contributed by atoms with Crippen LogP contribution < -0.4 is 5.73 Å². The maximum Gasteiger partial charge on any atom is 0.242 e. The van der Waals surface area contributed by atoms with Crippen molar-refractivity contribution in [3.63, 3.8) is 0 Å². The molecule has 0 saturated carbocycles. The highest BCUT2D eigenvalue weighted by molar-refractivity contribution is 7.89. The van der Waals surface area contributed by atoms with Crippen LogP contribution >= 0.6 is 0 Å². The predicted octanol–water partition coefficient (Wildman–Crippen LogP) is 2.05. The zero-order valence-corrected chi connectivity index (χ0v) is 12.8. The number of nitrogens with zero attached hydrogens (tertiary/aromatic N) is 1. The van der Waals surface area contributed by atoms with Crippen molar-refractivity contribution in [2.24, 2.45) is 5.73 Å². The fourth-order valence-corrected chi connectivity index (χ4v) is 3.13. The smallest absolute Gasteiger partial charge is 0.242 e. The van der Waals surface area contributed by atoms with Crippen molar-refractivity contribution < 1.29 is 8.42 Å². The van der Waals surface area contributed by atoms with Crippen LogP contribution in [0.25, 0.3) is 0 Å². The molecular weight excluding hydrogens is 260 g/mol. The number of rotatable bonds is 7. The Hall–Kier alpha value is -0.910. The van der Waals surface area contributed by atoms with Gasteiger partial charge in [0.15, 0.2) is 0 Å². The van der Waals surface area contributed by atoms with E-state index in [1.54, 1.807) is 19.2 Å². The van der Waals surface area contributed by atoms with Gasteiger partial charge in [0.25, 0.3) is 0 Å². The molecule has 0 bridgehead atoms. The van der Waals surface area contributed by atoms with E-state index in [0.717, 1.165) is 30.4 Å². The van der Waals surface area contributed by atoms with Gasteiger partial charge in [0.05, 0.1) is 4.90 Å². The van der Waals surface area contributed by atoms with Crippen LogP contribution in [-0.4, -0.2) is 32.9 Å². The van der Waals surface area contributed by atoms with Crippen LogP contribution in [-0.2, 0) is 10.0 Å². The molecule has 19 heavy (non-hydrogen) atoms. The molecule has 1 rings (SSSR count). The summed E-state index contributed by atoms with van der Waals surface area (Å²) in [4.78, 5) is 0.372. The first kappa shape index (κ1) is 16.1. The van der Waals surface area contributed by atoms with E-state index in [-0.39, 0.29) is 0 Å². The maximum absolute atomic E-state index is 12.4. The Balaban J connectivity index is 2.76. The van der Waals surface area contributed by atoms with Gasteiger partial charge in [0, 0.05) is 13.6 Å². The first-order valence-electron chi connectivity index (χ1n) is 6.63. The number of sulfonamides is 1. The van der Waals surface area contributed by atoms with E-state index in [2.05, 4.69) is 0 Å². The van der Waals surface area contributed by atoms with E-state index >= 15 is 0 Å². The van der Waals surface area contributed by atoms with Gasteiger partial charge in [0.1, 0.15) is 0 Å². The minimum Gasteiger partial charge on any atom is -0.330 e. The number of unbranched alkanes of at least 4 members (excludes halogenated alkanes) is 2. The molecule has 0 saturated heterocycles. The predicted molar refractivity (Wildman–Crippen MR) is 78.6 cm³/mol. The highest BCUT2D eigenvalue weighted by Crippen LogP contribution is 2.18. The van der Waals surface area contributed by atoms with Gasteiger partial charge in [-0.1, -0.05) is 12.5 Å². The summed E-state index contributed by atoms with van der Waals surface area (Å²) in [6.07, 6.45) is 2.75. The van der Waals surface area contributed by atoms with Crippen molar-refractivity contribution in [1.29, 1.82) is 0 Å². The lowest BCUT2D eigenvalue weighted by Crippen LogP contribution is -2.28. The maximum atomic E-state index is 12.4. The Kier molecular flexibility index (Phi) is 5.97. The lowest BCUT2D eigenvalue weighted by molar-refractivity contribution is 0.453.